The Kier molecular flexibility index (Phi) is 6.98. The third-order valence-corrected chi connectivity index (χ3v) is 8.61. The number of aryl methyl sites for hydroxylation is 1. The first kappa shape index (κ1) is 25.0. The predicted octanol–water partition coefficient (Wildman–Crippen LogP) is 4.94. The smallest absolute Gasteiger partial charge is 0.207 e. The van der Waals surface area contributed by atoms with E-state index in [9.17, 15) is 4.39 Å². The summed E-state index contributed by atoms with van der Waals surface area (Å²) < 4.78 is 24.2. The fraction of sp³-hybridized carbons (Fsp3) is 0.423. The Hall–Kier alpha value is -2.62. The van der Waals surface area contributed by atoms with Crippen LogP contribution in [-0.4, -0.2) is 54.8 Å². The minimum Gasteiger partial charge on any atom is -0.353 e. The first-order valence-corrected chi connectivity index (χ1v) is 13.1. The number of nitrogens with zero attached hydrogens (tertiary/aromatic N) is 6. The number of aromatic nitrogens is 5. The molecular weight excluding hydrogens is 499 g/mol. The Labute approximate surface area is 220 Å². The lowest BCUT2D eigenvalue weighted by molar-refractivity contribution is 0.299. The summed E-state index contributed by atoms with van der Waals surface area (Å²) in [6.07, 6.45) is 7.88. The number of hydrogen-bond donors (Lipinski definition) is 0. The van der Waals surface area contributed by atoms with Gasteiger partial charge in [-0.05, 0) is 56.0 Å². The van der Waals surface area contributed by atoms with Crippen LogP contribution in [-0.2, 0) is 19.0 Å². The van der Waals surface area contributed by atoms with Crippen LogP contribution < -0.4 is 0 Å². The highest BCUT2D eigenvalue weighted by molar-refractivity contribution is 7.99. The highest BCUT2D eigenvalue weighted by atomic mass is 35.5. The van der Waals surface area contributed by atoms with Crippen LogP contribution in [0.1, 0.15) is 29.5 Å². The molecule has 0 radical (unpaired) electrons. The van der Waals surface area contributed by atoms with Crippen molar-refractivity contribution in [3.8, 4) is 11.6 Å². The molecule has 0 spiro atoms. The van der Waals surface area contributed by atoms with Gasteiger partial charge < -0.3 is 18.6 Å². The quantitative estimate of drug-likeness (QED) is 0.226. The van der Waals surface area contributed by atoms with E-state index in [4.69, 9.17) is 4.52 Å². The minimum absolute atomic E-state index is 0. The molecule has 2 fully saturated rings. The van der Waals surface area contributed by atoms with Crippen LogP contribution >= 0.6 is 24.2 Å². The van der Waals surface area contributed by atoms with Crippen LogP contribution in [0.25, 0.3) is 11.6 Å². The van der Waals surface area contributed by atoms with Gasteiger partial charge in [0.15, 0.2) is 5.16 Å². The van der Waals surface area contributed by atoms with Gasteiger partial charge in [-0.1, -0.05) is 29.1 Å². The molecule has 4 heterocycles. The monoisotopic (exact) mass is 528 g/mol. The van der Waals surface area contributed by atoms with Crippen LogP contribution in [0.5, 0.6) is 0 Å². The van der Waals surface area contributed by atoms with Crippen LogP contribution in [0.3, 0.4) is 0 Å². The Morgan fingerprint density at radius 1 is 1.22 bits per heavy atom. The number of likely N-dealkylation sites (tertiary alicyclic amines) is 1. The highest BCUT2D eigenvalue weighted by Crippen LogP contribution is 2.59. The molecule has 1 aliphatic carbocycles. The van der Waals surface area contributed by atoms with E-state index >= 15 is 0 Å². The second-order valence-electron chi connectivity index (χ2n) is 9.86. The van der Waals surface area contributed by atoms with Crippen LogP contribution in [0, 0.1) is 18.7 Å². The molecule has 1 saturated heterocycles. The number of thioether (sulfide) groups is 1. The fourth-order valence-electron chi connectivity index (χ4n) is 5.46. The van der Waals surface area contributed by atoms with Crippen molar-refractivity contribution in [1.82, 2.24) is 29.4 Å². The maximum Gasteiger partial charge on any atom is 0.207 e. The Balaban J connectivity index is 0.00000267. The maximum absolute atomic E-state index is 14.9. The summed E-state index contributed by atoms with van der Waals surface area (Å²) in [6.45, 7) is 5.71. The van der Waals surface area contributed by atoms with E-state index in [1.165, 1.54) is 12.0 Å². The second kappa shape index (κ2) is 10.0. The maximum atomic E-state index is 14.9. The van der Waals surface area contributed by atoms with Crippen LogP contribution in [0.4, 0.5) is 4.39 Å². The lowest BCUT2D eigenvalue weighted by atomic mass is 9.93. The molecule has 4 aromatic rings. The van der Waals surface area contributed by atoms with E-state index < -0.39 is 0 Å². The normalized spacial score (nSPS) is 20.9. The number of halogens is 2. The van der Waals surface area contributed by atoms with Crippen molar-refractivity contribution < 1.29 is 8.91 Å². The molecule has 1 aliphatic heterocycles. The van der Waals surface area contributed by atoms with Gasteiger partial charge in [0.05, 0.1) is 6.20 Å². The van der Waals surface area contributed by atoms with Crippen molar-refractivity contribution in [3.63, 3.8) is 0 Å². The molecule has 190 valence electrons. The predicted molar refractivity (Wildman–Crippen MR) is 140 cm³/mol. The SMILES string of the molecule is Cc1cnoc1-c1nnc(SCCCN2C[C@H]3C[C@@]3(c3ccc(Cn4cccc4)c(F)c3)C2)n1C.Cl. The zero-order valence-electron chi connectivity index (χ0n) is 20.4. The van der Waals surface area contributed by atoms with Gasteiger partial charge in [-0.3, -0.25) is 0 Å². The lowest BCUT2D eigenvalue weighted by Gasteiger charge is -2.21. The topological polar surface area (TPSA) is 64.9 Å². The first-order chi connectivity index (χ1) is 17.0. The number of fused-ring (bicyclic) bond motifs is 1. The molecule has 7 nitrogen and oxygen atoms in total. The first-order valence-electron chi connectivity index (χ1n) is 12.1. The summed E-state index contributed by atoms with van der Waals surface area (Å²) in [5.74, 6) is 2.90. The van der Waals surface area contributed by atoms with Gasteiger partial charge in [0.25, 0.3) is 0 Å². The molecule has 0 N–H and O–H groups in total. The van der Waals surface area contributed by atoms with E-state index in [2.05, 4.69) is 26.3 Å². The van der Waals surface area contributed by atoms with Crippen molar-refractivity contribution in [1.29, 1.82) is 0 Å². The molecule has 3 aromatic heterocycles. The molecule has 0 amide bonds. The highest BCUT2D eigenvalue weighted by Gasteiger charge is 2.60. The van der Waals surface area contributed by atoms with Crippen molar-refractivity contribution in [2.75, 3.05) is 25.4 Å². The van der Waals surface area contributed by atoms with Crippen molar-refractivity contribution in [2.24, 2.45) is 13.0 Å². The van der Waals surface area contributed by atoms with Crippen molar-refractivity contribution in [3.05, 3.63) is 71.4 Å². The van der Waals surface area contributed by atoms with Crippen LogP contribution in [0.15, 0.2) is 58.6 Å². The lowest BCUT2D eigenvalue weighted by Crippen LogP contribution is -2.28. The second-order valence-corrected chi connectivity index (χ2v) is 10.9. The average Bonchev–Trinajstić information content (AvgIpc) is 3.37. The summed E-state index contributed by atoms with van der Waals surface area (Å²) >= 11 is 1.72. The third-order valence-electron chi connectivity index (χ3n) is 7.50. The standard InChI is InChI=1S/C26H29FN6OS.ClH/c1-18-14-28-34-23(18)24-29-30-25(31(24)2)35-11-5-10-33-16-21-13-26(21,17-33)20-7-6-19(22(27)12-20)15-32-8-3-4-9-32;/h3-4,6-9,12,14,21H,5,10-11,13,15-17H2,1-2H3;1H/t21-,26+;/m1./s1. The van der Waals surface area contributed by atoms with E-state index in [0.717, 1.165) is 48.1 Å². The number of hydrogen-bond acceptors (Lipinski definition) is 6. The van der Waals surface area contributed by atoms with Gasteiger partial charge in [0.1, 0.15) is 5.82 Å². The molecule has 36 heavy (non-hydrogen) atoms. The van der Waals surface area contributed by atoms with Crippen molar-refractivity contribution >= 4 is 24.2 Å². The zero-order chi connectivity index (χ0) is 24.0. The Morgan fingerprint density at radius 2 is 2.06 bits per heavy atom. The molecular formula is C26H30ClFN6OS. The Bertz CT molecular complexity index is 1340. The van der Waals surface area contributed by atoms with E-state index in [0.29, 0.717) is 24.0 Å². The number of benzene rings is 1. The molecule has 6 rings (SSSR count). The van der Waals surface area contributed by atoms with E-state index in [1.54, 1.807) is 24.0 Å². The molecule has 1 aromatic carbocycles. The zero-order valence-corrected chi connectivity index (χ0v) is 22.1. The molecule has 2 aliphatic rings. The van der Waals surface area contributed by atoms with Gasteiger partial charge in [-0.25, -0.2) is 4.39 Å². The van der Waals surface area contributed by atoms with Gasteiger partial charge in [0, 0.05) is 61.4 Å². The Morgan fingerprint density at radius 3 is 2.81 bits per heavy atom. The summed E-state index contributed by atoms with van der Waals surface area (Å²) in [5, 5.41) is 13.3. The van der Waals surface area contributed by atoms with Gasteiger partial charge >= 0.3 is 0 Å². The van der Waals surface area contributed by atoms with Crippen LogP contribution in [0.2, 0.25) is 0 Å². The van der Waals surface area contributed by atoms with Gasteiger partial charge in [-0.2, -0.15) is 0 Å². The van der Waals surface area contributed by atoms with Crippen molar-refractivity contribution in [2.45, 2.75) is 36.9 Å². The summed E-state index contributed by atoms with van der Waals surface area (Å²) in [4.78, 5) is 2.54. The number of rotatable bonds is 9. The molecule has 10 heteroatoms. The summed E-state index contributed by atoms with van der Waals surface area (Å²) in [6, 6.07) is 9.86. The number of piperidine rings is 1. The molecule has 2 atom stereocenters. The molecule has 0 bridgehead atoms. The minimum atomic E-state index is -0.0883. The summed E-state index contributed by atoms with van der Waals surface area (Å²) in [7, 11) is 1.96. The fourth-order valence-corrected chi connectivity index (χ4v) is 6.29. The molecule has 0 unspecified atom stereocenters. The molecule has 1 saturated carbocycles. The average molecular weight is 529 g/mol. The van der Waals surface area contributed by atoms with E-state index in [-0.39, 0.29) is 23.6 Å². The van der Waals surface area contributed by atoms with Gasteiger partial charge in [0.2, 0.25) is 11.6 Å². The van der Waals surface area contributed by atoms with E-state index in [1.807, 2.05) is 53.7 Å². The largest absolute Gasteiger partial charge is 0.353 e. The third kappa shape index (κ3) is 4.60. The van der Waals surface area contributed by atoms with Gasteiger partial charge in [-0.15, -0.1) is 22.6 Å². The summed E-state index contributed by atoms with van der Waals surface area (Å²) in [5.41, 5.74) is 3.01.